The molecule has 1 N–H and O–H groups in total. The van der Waals surface area contributed by atoms with Gasteiger partial charge in [-0.25, -0.2) is 0 Å². The highest BCUT2D eigenvalue weighted by Gasteiger charge is 2.33. The molecule has 2 rings (SSSR count). The third-order valence-electron chi connectivity index (χ3n) is 4.19. The van der Waals surface area contributed by atoms with Gasteiger partial charge < -0.3 is 15.0 Å². The van der Waals surface area contributed by atoms with Gasteiger partial charge in [-0.3, -0.25) is 14.5 Å². The molecule has 1 aromatic carbocycles. The normalized spacial score (nSPS) is 18.5. The average molecular weight is 333 g/mol. The smallest absolute Gasteiger partial charge is 0.238 e. The summed E-state index contributed by atoms with van der Waals surface area (Å²) in [5.41, 5.74) is 1.05. The topological polar surface area (TPSA) is 61.9 Å². The molecule has 1 aliphatic rings. The Morgan fingerprint density at radius 1 is 1.29 bits per heavy atom. The number of para-hydroxylation sites is 1. The van der Waals surface area contributed by atoms with Gasteiger partial charge in [0.2, 0.25) is 11.8 Å². The van der Waals surface area contributed by atoms with Crippen LogP contribution in [0, 0.1) is 0 Å². The van der Waals surface area contributed by atoms with Crippen molar-refractivity contribution in [1.82, 2.24) is 15.1 Å². The third-order valence-corrected chi connectivity index (χ3v) is 4.19. The van der Waals surface area contributed by atoms with Crippen LogP contribution in [0.1, 0.15) is 26.3 Å². The number of carbonyl (C=O) groups excluding carboxylic acids is 2. The molecule has 0 aromatic heterocycles. The zero-order valence-electron chi connectivity index (χ0n) is 14.9. The zero-order chi connectivity index (χ0) is 17.7. The van der Waals surface area contributed by atoms with Gasteiger partial charge in [0.15, 0.2) is 0 Å². The number of amides is 2. The highest BCUT2D eigenvalue weighted by molar-refractivity contribution is 5.83. The SMILES string of the molecule is CNC(=O)C1CN(C(C)=O)CCN1Cc1ccccc1OC(C)C. The molecule has 6 heteroatoms. The molecule has 1 aliphatic heterocycles. The molecular weight excluding hydrogens is 306 g/mol. The van der Waals surface area contributed by atoms with Crippen molar-refractivity contribution in [3.63, 3.8) is 0 Å². The highest BCUT2D eigenvalue weighted by atomic mass is 16.5. The van der Waals surface area contributed by atoms with E-state index in [0.29, 0.717) is 26.2 Å². The van der Waals surface area contributed by atoms with Crippen molar-refractivity contribution in [3.8, 4) is 5.75 Å². The maximum absolute atomic E-state index is 12.3. The van der Waals surface area contributed by atoms with Crippen molar-refractivity contribution in [2.24, 2.45) is 0 Å². The van der Waals surface area contributed by atoms with Crippen molar-refractivity contribution in [2.75, 3.05) is 26.7 Å². The number of nitrogens with one attached hydrogen (secondary N) is 1. The van der Waals surface area contributed by atoms with Gasteiger partial charge in [0.1, 0.15) is 11.8 Å². The summed E-state index contributed by atoms with van der Waals surface area (Å²) in [7, 11) is 1.63. The zero-order valence-corrected chi connectivity index (χ0v) is 14.9. The molecule has 0 bridgehead atoms. The largest absolute Gasteiger partial charge is 0.491 e. The van der Waals surface area contributed by atoms with Crippen LogP contribution in [0.2, 0.25) is 0 Å². The summed E-state index contributed by atoms with van der Waals surface area (Å²) >= 11 is 0. The van der Waals surface area contributed by atoms with Crippen LogP contribution in [0.4, 0.5) is 0 Å². The Morgan fingerprint density at radius 2 is 2.00 bits per heavy atom. The molecule has 1 unspecified atom stereocenters. The number of rotatable bonds is 5. The van der Waals surface area contributed by atoms with E-state index < -0.39 is 0 Å². The lowest BCUT2D eigenvalue weighted by Gasteiger charge is -2.40. The van der Waals surface area contributed by atoms with Gasteiger partial charge in [-0.15, -0.1) is 0 Å². The van der Waals surface area contributed by atoms with Crippen molar-refractivity contribution in [2.45, 2.75) is 39.5 Å². The Kier molecular flexibility index (Phi) is 6.20. The van der Waals surface area contributed by atoms with Crippen LogP contribution in [0.3, 0.4) is 0 Å². The second-order valence-electron chi connectivity index (χ2n) is 6.34. The summed E-state index contributed by atoms with van der Waals surface area (Å²) in [5, 5.41) is 2.71. The third kappa shape index (κ3) is 4.47. The highest BCUT2D eigenvalue weighted by Crippen LogP contribution is 2.23. The number of piperazine rings is 1. The van der Waals surface area contributed by atoms with Gasteiger partial charge in [-0.2, -0.15) is 0 Å². The predicted octanol–water partition coefficient (Wildman–Crippen LogP) is 1.25. The molecule has 1 atom stereocenters. The first-order chi connectivity index (χ1) is 11.4. The van der Waals surface area contributed by atoms with E-state index in [0.717, 1.165) is 11.3 Å². The molecule has 1 saturated heterocycles. The van der Waals surface area contributed by atoms with Crippen molar-refractivity contribution in [1.29, 1.82) is 0 Å². The maximum Gasteiger partial charge on any atom is 0.238 e. The molecule has 1 fully saturated rings. The van der Waals surface area contributed by atoms with Crippen molar-refractivity contribution >= 4 is 11.8 Å². The molecule has 1 heterocycles. The van der Waals surface area contributed by atoms with Crippen LogP contribution in [0.25, 0.3) is 0 Å². The van der Waals surface area contributed by atoms with E-state index >= 15 is 0 Å². The Bertz CT molecular complexity index is 589. The number of likely N-dealkylation sites (N-methyl/N-ethyl adjacent to an activating group) is 1. The van der Waals surface area contributed by atoms with E-state index in [2.05, 4.69) is 10.2 Å². The molecule has 0 radical (unpaired) electrons. The standard InChI is InChI=1S/C18H27N3O3/c1-13(2)24-17-8-6-5-7-15(17)11-21-10-9-20(14(3)22)12-16(21)18(23)19-4/h5-8,13,16H,9-12H2,1-4H3,(H,19,23). The average Bonchev–Trinajstić information content (AvgIpc) is 2.55. The van der Waals surface area contributed by atoms with Gasteiger partial charge >= 0.3 is 0 Å². The van der Waals surface area contributed by atoms with E-state index in [9.17, 15) is 9.59 Å². The summed E-state index contributed by atoms with van der Waals surface area (Å²) in [5.74, 6) is 0.785. The molecule has 2 amide bonds. The fraction of sp³-hybridized carbons (Fsp3) is 0.556. The molecular formula is C18H27N3O3. The summed E-state index contributed by atoms with van der Waals surface area (Å²) in [4.78, 5) is 27.8. The van der Waals surface area contributed by atoms with Gasteiger partial charge in [-0.05, 0) is 19.9 Å². The lowest BCUT2D eigenvalue weighted by molar-refractivity contribution is -0.136. The Balaban J connectivity index is 2.18. The molecule has 0 saturated carbocycles. The monoisotopic (exact) mass is 333 g/mol. The Hall–Kier alpha value is -2.08. The number of carbonyl (C=O) groups is 2. The van der Waals surface area contributed by atoms with E-state index in [-0.39, 0.29) is 24.0 Å². The summed E-state index contributed by atoms with van der Waals surface area (Å²) in [6, 6.07) is 7.56. The first-order valence-corrected chi connectivity index (χ1v) is 8.38. The Labute approximate surface area is 143 Å². The van der Waals surface area contributed by atoms with Crippen molar-refractivity contribution < 1.29 is 14.3 Å². The lowest BCUT2D eigenvalue weighted by atomic mass is 10.1. The molecule has 24 heavy (non-hydrogen) atoms. The first kappa shape index (κ1) is 18.3. The van der Waals surface area contributed by atoms with Crippen LogP contribution < -0.4 is 10.1 Å². The second kappa shape index (κ2) is 8.15. The van der Waals surface area contributed by atoms with Crippen LogP contribution in [0.15, 0.2) is 24.3 Å². The Morgan fingerprint density at radius 3 is 2.62 bits per heavy atom. The van der Waals surface area contributed by atoms with Crippen LogP contribution in [-0.4, -0.2) is 60.4 Å². The summed E-state index contributed by atoms with van der Waals surface area (Å²) < 4.78 is 5.88. The van der Waals surface area contributed by atoms with Gasteiger partial charge in [-0.1, -0.05) is 18.2 Å². The minimum absolute atomic E-state index is 0.00657. The van der Waals surface area contributed by atoms with E-state index in [1.165, 1.54) is 0 Å². The molecule has 0 spiro atoms. The minimum Gasteiger partial charge on any atom is -0.491 e. The number of benzene rings is 1. The second-order valence-corrected chi connectivity index (χ2v) is 6.34. The number of hydrogen-bond donors (Lipinski definition) is 1. The first-order valence-electron chi connectivity index (χ1n) is 8.38. The van der Waals surface area contributed by atoms with E-state index in [1.807, 2.05) is 38.1 Å². The summed E-state index contributed by atoms with van der Waals surface area (Å²) in [6.07, 6.45) is 0.0930. The van der Waals surface area contributed by atoms with Crippen molar-refractivity contribution in [3.05, 3.63) is 29.8 Å². The lowest BCUT2D eigenvalue weighted by Crippen LogP contribution is -2.59. The minimum atomic E-state index is -0.347. The van der Waals surface area contributed by atoms with Gasteiger partial charge in [0, 0.05) is 45.7 Å². The quantitative estimate of drug-likeness (QED) is 0.881. The number of nitrogens with zero attached hydrogens (tertiary/aromatic N) is 2. The van der Waals surface area contributed by atoms with Gasteiger partial charge in [0.05, 0.1) is 6.10 Å². The fourth-order valence-electron chi connectivity index (χ4n) is 2.93. The van der Waals surface area contributed by atoms with Crippen LogP contribution >= 0.6 is 0 Å². The predicted molar refractivity (Wildman–Crippen MR) is 92.7 cm³/mol. The fourth-order valence-corrected chi connectivity index (χ4v) is 2.93. The molecule has 6 nitrogen and oxygen atoms in total. The van der Waals surface area contributed by atoms with Crippen LogP contribution in [0.5, 0.6) is 5.75 Å². The van der Waals surface area contributed by atoms with E-state index in [1.54, 1.807) is 18.9 Å². The molecule has 1 aromatic rings. The number of ether oxygens (including phenoxy) is 1. The number of hydrogen-bond acceptors (Lipinski definition) is 4. The molecule has 0 aliphatic carbocycles. The van der Waals surface area contributed by atoms with Gasteiger partial charge in [0.25, 0.3) is 0 Å². The van der Waals surface area contributed by atoms with E-state index in [4.69, 9.17) is 4.74 Å². The maximum atomic E-state index is 12.3. The summed E-state index contributed by atoms with van der Waals surface area (Å²) in [6.45, 7) is 7.87. The molecule has 132 valence electrons. The van der Waals surface area contributed by atoms with Crippen LogP contribution in [-0.2, 0) is 16.1 Å².